The molecule has 2 aromatic rings. The lowest BCUT2D eigenvalue weighted by Crippen LogP contribution is -2.29. The zero-order chi connectivity index (χ0) is 14.1. The molecule has 0 radical (unpaired) electrons. The number of pyridine rings is 1. The number of hydrogen-bond donors (Lipinski definition) is 2. The molecule has 1 amide bonds. The first kappa shape index (κ1) is 12.9. The Morgan fingerprint density at radius 3 is 2.95 bits per heavy atom. The molecule has 0 bridgehead atoms. The van der Waals surface area contributed by atoms with Crippen molar-refractivity contribution in [2.75, 3.05) is 16.9 Å². The normalized spacial score (nSPS) is 13.2. The summed E-state index contributed by atoms with van der Waals surface area (Å²) in [5, 5.41) is 0.233. The standard InChI is InChI=1S/C14H13ClN4O/c15-12-7-10(8-13(17-12)18-16)14(20)19-6-5-9-3-1-2-4-11(9)19/h1-4,7-8H,5-6,16H2,(H,17,18). The summed E-state index contributed by atoms with van der Waals surface area (Å²) in [6, 6.07) is 11.0. The Balaban J connectivity index is 1.96. The number of carbonyl (C=O) groups excluding carboxylic acids is 1. The Kier molecular flexibility index (Phi) is 3.30. The fraction of sp³-hybridized carbons (Fsp3) is 0.143. The Hall–Kier alpha value is -2.11. The molecule has 3 rings (SSSR count). The number of nitrogens with two attached hydrogens (primary N) is 1. The van der Waals surface area contributed by atoms with E-state index < -0.39 is 0 Å². The van der Waals surface area contributed by atoms with Crippen LogP contribution in [-0.4, -0.2) is 17.4 Å². The zero-order valence-electron chi connectivity index (χ0n) is 10.6. The fourth-order valence-electron chi connectivity index (χ4n) is 2.40. The van der Waals surface area contributed by atoms with Gasteiger partial charge in [0.25, 0.3) is 5.91 Å². The Labute approximate surface area is 121 Å². The number of aromatic nitrogens is 1. The van der Waals surface area contributed by atoms with Gasteiger partial charge in [-0.25, -0.2) is 10.8 Å². The second-order valence-corrected chi connectivity index (χ2v) is 4.93. The maximum absolute atomic E-state index is 12.6. The molecule has 0 fully saturated rings. The minimum atomic E-state index is -0.101. The molecular weight excluding hydrogens is 276 g/mol. The van der Waals surface area contributed by atoms with Gasteiger partial charge in [0.1, 0.15) is 11.0 Å². The van der Waals surface area contributed by atoms with Gasteiger partial charge in [0.2, 0.25) is 0 Å². The highest BCUT2D eigenvalue weighted by Gasteiger charge is 2.25. The lowest BCUT2D eigenvalue weighted by Gasteiger charge is -2.17. The smallest absolute Gasteiger partial charge is 0.258 e. The fourth-order valence-corrected chi connectivity index (χ4v) is 2.61. The summed E-state index contributed by atoms with van der Waals surface area (Å²) in [5.41, 5.74) is 5.00. The Morgan fingerprint density at radius 1 is 1.35 bits per heavy atom. The van der Waals surface area contributed by atoms with Crippen molar-refractivity contribution in [1.82, 2.24) is 4.98 Å². The number of carbonyl (C=O) groups is 1. The molecule has 1 aromatic carbocycles. The van der Waals surface area contributed by atoms with Gasteiger partial charge < -0.3 is 10.3 Å². The van der Waals surface area contributed by atoms with Gasteiger partial charge in [0.05, 0.1) is 0 Å². The van der Waals surface area contributed by atoms with Gasteiger partial charge in [-0.1, -0.05) is 29.8 Å². The van der Waals surface area contributed by atoms with Gasteiger partial charge in [-0.15, -0.1) is 0 Å². The van der Waals surface area contributed by atoms with E-state index in [1.807, 2.05) is 24.3 Å². The largest absolute Gasteiger partial charge is 0.308 e. The number of nitrogens with one attached hydrogen (secondary N) is 1. The summed E-state index contributed by atoms with van der Waals surface area (Å²) in [6.45, 7) is 0.670. The van der Waals surface area contributed by atoms with Gasteiger partial charge in [-0.05, 0) is 30.2 Å². The second-order valence-electron chi connectivity index (χ2n) is 4.54. The van der Waals surface area contributed by atoms with Gasteiger partial charge >= 0.3 is 0 Å². The third kappa shape index (κ3) is 2.21. The lowest BCUT2D eigenvalue weighted by molar-refractivity contribution is 0.0989. The number of hydrazine groups is 1. The number of nitrogen functional groups attached to an aromatic ring is 1. The van der Waals surface area contributed by atoms with Crippen molar-refractivity contribution in [2.24, 2.45) is 5.84 Å². The molecular formula is C14H13ClN4O. The van der Waals surface area contributed by atoms with E-state index in [1.54, 1.807) is 17.0 Å². The average Bonchev–Trinajstić information content (AvgIpc) is 2.89. The Morgan fingerprint density at radius 2 is 2.15 bits per heavy atom. The molecule has 6 heteroatoms. The van der Waals surface area contributed by atoms with Gasteiger partial charge in [-0.2, -0.15) is 0 Å². The van der Waals surface area contributed by atoms with Crippen molar-refractivity contribution in [1.29, 1.82) is 0 Å². The van der Waals surface area contributed by atoms with E-state index in [0.29, 0.717) is 17.9 Å². The molecule has 5 nitrogen and oxygen atoms in total. The number of nitrogens with zero attached hydrogens (tertiary/aromatic N) is 2. The molecule has 0 spiro atoms. The van der Waals surface area contributed by atoms with Crippen LogP contribution in [0.4, 0.5) is 11.5 Å². The number of benzene rings is 1. The molecule has 2 heterocycles. The van der Waals surface area contributed by atoms with Crippen LogP contribution in [0.15, 0.2) is 36.4 Å². The quantitative estimate of drug-likeness (QED) is 0.505. The minimum absolute atomic E-state index is 0.101. The highest BCUT2D eigenvalue weighted by Crippen LogP contribution is 2.29. The summed E-state index contributed by atoms with van der Waals surface area (Å²) < 4.78 is 0. The van der Waals surface area contributed by atoms with Crippen LogP contribution in [0.3, 0.4) is 0 Å². The van der Waals surface area contributed by atoms with Crippen LogP contribution in [-0.2, 0) is 6.42 Å². The second kappa shape index (κ2) is 5.11. The molecule has 102 valence electrons. The summed E-state index contributed by atoms with van der Waals surface area (Å²) in [5.74, 6) is 5.59. The van der Waals surface area contributed by atoms with Crippen LogP contribution in [0.25, 0.3) is 0 Å². The van der Waals surface area contributed by atoms with E-state index in [0.717, 1.165) is 12.1 Å². The molecule has 0 atom stereocenters. The van der Waals surface area contributed by atoms with E-state index in [9.17, 15) is 4.79 Å². The maximum atomic E-state index is 12.6. The first-order chi connectivity index (χ1) is 9.69. The molecule has 0 aliphatic carbocycles. The van der Waals surface area contributed by atoms with Gasteiger partial charge in [0, 0.05) is 17.8 Å². The van der Waals surface area contributed by atoms with Crippen molar-refractivity contribution in [3.63, 3.8) is 0 Å². The van der Waals surface area contributed by atoms with Crippen LogP contribution >= 0.6 is 11.6 Å². The number of halogens is 1. The van der Waals surface area contributed by atoms with Crippen LogP contribution in [0.5, 0.6) is 0 Å². The predicted molar refractivity (Wildman–Crippen MR) is 78.9 cm³/mol. The van der Waals surface area contributed by atoms with Crippen molar-refractivity contribution >= 4 is 29.0 Å². The molecule has 3 N–H and O–H groups in total. The van der Waals surface area contributed by atoms with Crippen molar-refractivity contribution in [2.45, 2.75) is 6.42 Å². The van der Waals surface area contributed by atoms with Crippen LogP contribution in [0, 0.1) is 0 Å². The number of anilines is 2. The SMILES string of the molecule is NNc1cc(C(=O)N2CCc3ccccc32)cc(Cl)n1. The lowest BCUT2D eigenvalue weighted by atomic mass is 10.2. The van der Waals surface area contributed by atoms with Crippen molar-refractivity contribution in [3.8, 4) is 0 Å². The summed E-state index contributed by atoms with van der Waals surface area (Å²) in [7, 11) is 0. The third-order valence-corrected chi connectivity index (χ3v) is 3.51. The summed E-state index contributed by atoms with van der Waals surface area (Å²) in [6.07, 6.45) is 0.864. The number of fused-ring (bicyclic) bond motifs is 1. The topological polar surface area (TPSA) is 71.2 Å². The number of para-hydroxylation sites is 1. The highest BCUT2D eigenvalue weighted by molar-refractivity contribution is 6.30. The van der Waals surface area contributed by atoms with E-state index in [-0.39, 0.29) is 11.1 Å². The molecule has 1 aliphatic rings. The molecule has 0 unspecified atom stereocenters. The van der Waals surface area contributed by atoms with E-state index in [1.165, 1.54) is 5.56 Å². The third-order valence-electron chi connectivity index (χ3n) is 3.32. The first-order valence-electron chi connectivity index (χ1n) is 6.23. The molecule has 20 heavy (non-hydrogen) atoms. The van der Waals surface area contributed by atoms with Gasteiger partial charge in [-0.3, -0.25) is 4.79 Å². The van der Waals surface area contributed by atoms with Crippen molar-refractivity contribution in [3.05, 3.63) is 52.7 Å². The van der Waals surface area contributed by atoms with E-state index in [2.05, 4.69) is 10.4 Å². The molecule has 1 aromatic heterocycles. The van der Waals surface area contributed by atoms with Crippen molar-refractivity contribution < 1.29 is 4.79 Å². The molecule has 0 saturated carbocycles. The number of amides is 1. The molecule has 0 saturated heterocycles. The zero-order valence-corrected chi connectivity index (χ0v) is 11.4. The summed E-state index contributed by atoms with van der Waals surface area (Å²) in [4.78, 5) is 18.3. The average molecular weight is 289 g/mol. The van der Waals surface area contributed by atoms with Crippen LogP contribution < -0.4 is 16.2 Å². The first-order valence-corrected chi connectivity index (χ1v) is 6.61. The maximum Gasteiger partial charge on any atom is 0.258 e. The van der Waals surface area contributed by atoms with Gasteiger partial charge in [0.15, 0.2) is 0 Å². The highest BCUT2D eigenvalue weighted by atomic mass is 35.5. The van der Waals surface area contributed by atoms with E-state index >= 15 is 0 Å². The summed E-state index contributed by atoms with van der Waals surface area (Å²) >= 11 is 5.90. The van der Waals surface area contributed by atoms with E-state index in [4.69, 9.17) is 17.4 Å². The monoisotopic (exact) mass is 288 g/mol. The number of rotatable bonds is 2. The van der Waals surface area contributed by atoms with Crippen LogP contribution in [0.1, 0.15) is 15.9 Å². The molecule has 1 aliphatic heterocycles. The Bertz CT molecular complexity index is 674. The van der Waals surface area contributed by atoms with Crippen LogP contribution in [0.2, 0.25) is 5.15 Å². The minimum Gasteiger partial charge on any atom is -0.308 e. The predicted octanol–water partition coefficient (Wildman–Crippen LogP) is 2.22. The number of hydrogen-bond acceptors (Lipinski definition) is 4.